The molecule has 3 rings (SSSR count). The molecular weight excluding hydrogens is 341 g/mol. The number of rotatable bonds is 2. The van der Waals surface area contributed by atoms with E-state index >= 15 is 0 Å². The third kappa shape index (κ3) is 2.35. The van der Waals surface area contributed by atoms with Crippen LogP contribution in [-0.4, -0.2) is 4.98 Å². The highest BCUT2D eigenvalue weighted by molar-refractivity contribution is 7.58. The summed E-state index contributed by atoms with van der Waals surface area (Å²) in [4.78, 5) is 4.12. The Bertz CT molecular complexity index is 786. The van der Waals surface area contributed by atoms with Gasteiger partial charge in [-0.1, -0.05) is 34.8 Å². The van der Waals surface area contributed by atoms with E-state index in [1.54, 1.807) is 12.1 Å². The Morgan fingerprint density at radius 2 is 1.75 bits per heavy atom. The Balaban J connectivity index is 2.08. The predicted octanol–water partition coefficient (Wildman–Crippen LogP) is 5.09. The topological polar surface area (TPSA) is 75.7 Å². The Hall–Kier alpha value is -1.34. The van der Waals surface area contributed by atoms with Crippen molar-refractivity contribution in [2.75, 3.05) is 11.1 Å². The molecule has 1 aromatic carbocycles. The van der Waals surface area contributed by atoms with Crippen molar-refractivity contribution >= 4 is 74.7 Å². The van der Waals surface area contributed by atoms with Crippen LogP contribution in [0.25, 0.3) is 0 Å². The molecule has 9 heteroatoms. The predicted molar refractivity (Wildman–Crippen MR) is 84.9 cm³/mol. The van der Waals surface area contributed by atoms with E-state index in [2.05, 4.69) is 19.0 Å². The van der Waals surface area contributed by atoms with Crippen molar-refractivity contribution in [1.82, 2.24) is 4.98 Å². The molecular formula is C11H6Cl3N5S. The molecule has 102 valence electrons. The third-order valence-electron chi connectivity index (χ3n) is 2.55. The van der Waals surface area contributed by atoms with Gasteiger partial charge in [0.15, 0.2) is 0 Å². The Morgan fingerprint density at radius 1 is 1.00 bits per heavy atom. The minimum atomic E-state index is 0.382. The van der Waals surface area contributed by atoms with E-state index in [-0.39, 0.29) is 0 Å². The van der Waals surface area contributed by atoms with Gasteiger partial charge >= 0.3 is 0 Å². The summed E-state index contributed by atoms with van der Waals surface area (Å²) < 4.78 is 8.31. The molecule has 0 saturated carbocycles. The molecule has 2 heterocycles. The van der Waals surface area contributed by atoms with Crippen LogP contribution in [0.4, 0.5) is 28.6 Å². The standard InChI is InChI=1S/C11H6Cl3N5S/c12-5-2-6(13)9-10(19-20-18-9)8(5)17-11-7(14)1-4(15)3-16-11/h1-3H,15H2,(H,16,17). The van der Waals surface area contributed by atoms with Crippen LogP contribution in [0.1, 0.15) is 0 Å². The van der Waals surface area contributed by atoms with Crippen LogP contribution in [0.5, 0.6) is 0 Å². The molecule has 0 saturated heterocycles. The van der Waals surface area contributed by atoms with Gasteiger partial charge in [0, 0.05) is 0 Å². The Kier molecular flexibility index (Phi) is 3.55. The number of hydrogen-bond acceptors (Lipinski definition) is 5. The van der Waals surface area contributed by atoms with Crippen LogP contribution in [0.2, 0.25) is 15.1 Å². The molecule has 0 atom stereocenters. The first kappa shape index (κ1) is 13.6. The number of nitrogens with two attached hydrogens (primary N) is 1. The summed E-state index contributed by atoms with van der Waals surface area (Å²) >= 11 is 19.4. The lowest BCUT2D eigenvalue weighted by Gasteiger charge is -2.12. The molecule has 3 N–H and O–H groups in total. The second kappa shape index (κ2) is 5.21. The monoisotopic (exact) mass is 345 g/mol. The van der Waals surface area contributed by atoms with Crippen LogP contribution < -0.4 is 11.1 Å². The molecule has 0 amide bonds. The lowest BCUT2D eigenvalue weighted by atomic mass is 10.2. The number of pyridine rings is 1. The van der Waals surface area contributed by atoms with Crippen LogP contribution in [-0.2, 0) is 11.4 Å². The van der Waals surface area contributed by atoms with Gasteiger partial charge in [0.25, 0.3) is 0 Å². The van der Waals surface area contributed by atoms with Crippen LogP contribution in [0.15, 0.2) is 27.1 Å². The second-order valence-electron chi connectivity index (χ2n) is 3.90. The molecule has 2 aromatic rings. The molecule has 5 nitrogen and oxygen atoms in total. The minimum Gasteiger partial charge on any atom is -0.397 e. The largest absolute Gasteiger partial charge is 0.397 e. The highest BCUT2D eigenvalue weighted by Gasteiger charge is 2.19. The lowest BCUT2D eigenvalue weighted by molar-refractivity contribution is 1.31. The summed E-state index contributed by atoms with van der Waals surface area (Å²) in [7, 11) is 0. The zero-order valence-electron chi connectivity index (χ0n) is 9.69. The van der Waals surface area contributed by atoms with E-state index < -0.39 is 0 Å². The first-order valence-electron chi connectivity index (χ1n) is 5.34. The van der Waals surface area contributed by atoms with Gasteiger partial charge in [-0.05, 0) is 12.1 Å². The highest BCUT2D eigenvalue weighted by Crippen LogP contribution is 2.48. The summed E-state index contributed by atoms with van der Waals surface area (Å²) in [5.74, 6) is 0.430. The summed E-state index contributed by atoms with van der Waals surface area (Å²) in [5, 5.41) is 4.27. The first-order valence-corrected chi connectivity index (χ1v) is 7.21. The van der Waals surface area contributed by atoms with Crippen molar-refractivity contribution < 1.29 is 0 Å². The SMILES string of the molecule is Nc1cnc(Nc2c(Cl)cc(Cl)c3c2N=S=N3)c(Cl)c1. The molecule has 0 unspecified atom stereocenters. The van der Waals surface area contributed by atoms with E-state index in [9.17, 15) is 0 Å². The van der Waals surface area contributed by atoms with Gasteiger partial charge in [0.1, 0.15) is 17.2 Å². The first-order chi connectivity index (χ1) is 9.56. The lowest BCUT2D eigenvalue weighted by Crippen LogP contribution is -1.97. The Morgan fingerprint density at radius 3 is 2.50 bits per heavy atom. The number of anilines is 3. The molecule has 1 aliphatic heterocycles. The highest BCUT2D eigenvalue weighted by atomic mass is 35.5. The van der Waals surface area contributed by atoms with E-state index in [4.69, 9.17) is 40.5 Å². The second-order valence-corrected chi connectivity index (χ2v) is 5.65. The van der Waals surface area contributed by atoms with Gasteiger partial charge in [-0.25, -0.2) is 4.98 Å². The maximum atomic E-state index is 6.19. The van der Waals surface area contributed by atoms with Crippen LogP contribution in [0, 0.1) is 0 Å². The van der Waals surface area contributed by atoms with Crippen LogP contribution >= 0.6 is 34.8 Å². The quantitative estimate of drug-likeness (QED) is 0.678. The summed E-state index contributed by atoms with van der Waals surface area (Å²) in [6.07, 6.45) is 1.49. The van der Waals surface area contributed by atoms with Gasteiger partial charge in [0.2, 0.25) is 0 Å². The fourth-order valence-electron chi connectivity index (χ4n) is 1.66. The molecule has 0 spiro atoms. The number of nitrogens with one attached hydrogen (secondary N) is 1. The maximum absolute atomic E-state index is 6.19. The molecule has 1 aliphatic rings. The number of aromatic nitrogens is 1. The number of benzene rings is 1. The number of fused-ring (bicyclic) bond motifs is 1. The molecule has 0 bridgehead atoms. The molecule has 1 aromatic heterocycles. The van der Waals surface area contributed by atoms with Crippen molar-refractivity contribution in [3.8, 4) is 0 Å². The zero-order valence-corrected chi connectivity index (χ0v) is 12.8. The van der Waals surface area contributed by atoms with Gasteiger partial charge in [0.05, 0.1) is 44.0 Å². The fourth-order valence-corrected chi connectivity index (χ4v) is 3.04. The summed E-state index contributed by atoms with van der Waals surface area (Å²) in [6, 6.07) is 3.19. The fraction of sp³-hybridized carbons (Fsp3) is 0. The van der Waals surface area contributed by atoms with Gasteiger partial charge in [-0.2, -0.15) is 8.73 Å². The van der Waals surface area contributed by atoms with Gasteiger partial charge < -0.3 is 11.1 Å². The maximum Gasteiger partial charge on any atom is 0.149 e. The summed E-state index contributed by atoms with van der Waals surface area (Å²) in [6.45, 7) is 0. The normalized spacial score (nSPS) is 12.2. The van der Waals surface area contributed by atoms with Crippen molar-refractivity contribution in [2.45, 2.75) is 0 Å². The molecule has 0 radical (unpaired) electrons. The third-order valence-corrected chi connectivity index (χ3v) is 3.95. The van der Waals surface area contributed by atoms with E-state index in [1.165, 1.54) is 6.20 Å². The average Bonchev–Trinajstić information content (AvgIpc) is 2.86. The Labute approximate surface area is 132 Å². The van der Waals surface area contributed by atoms with Crippen molar-refractivity contribution in [3.63, 3.8) is 0 Å². The summed E-state index contributed by atoms with van der Waals surface area (Å²) in [5.41, 5.74) is 7.79. The number of nitrogens with zero attached hydrogens (tertiary/aromatic N) is 3. The molecule has 20 heavy (non-hydrogen) atoms. The van der Waals surface area contributed by atoms with E-state index in [0.717, 1.165) is 11.4 Å². The van der Waals surface area contributed by atoms with Crippen molar-refractivity contribution in [1.29, 1.82) is 0 Å². The minimum absolute atomic E-state index is 0.382. The van der Waals surface area contributed by atoms with E-state index in [0.29, 0.717) is 43.6 Å². The van der Waals surface area contributed by atoms with Crippen molar-refractivity contribution in [2.24, 2.45) is 8.73 Å². The van der Waals surface area contributed by atoms with Gasteiger partial charge in [-0.3, -0.25) is 0 Å². The zero-order chi connectivity index (χ0) is 14.3. The van der Waals surface area contributed by atoms with E-state index in [1.807, 2.05) is 0 Å². The van der Waals surface area contributed by atoms with Crippen molar-refractivity contribution in [3.05, 3.63) is 33.4 Å². The molecule has 0 fully saturated rings. The average molecular weight is 347 g/mol. The molecule has 0 aliphatic carbocycles. The number of halogens is 3. The number of hydrogen-bond donors (Lipinski definition) is 2. The smallest absolute Gasteiger partial charge is 0.149 e. The number of nitrogen functional groups attached to an aromatic ring is 1. The van der Waals surface area contributed by atoms with Gasteiger partial charge in [-0.15, -0.1) is 0 Å². The van der Waals surface area contributed by atoms with Crippen LogP contribution in [0.3, 0.4) is 0 Å².